The molecule has 1 atom stereocenters. The number of rotatable bonds is 4. The molecule has 0 spiro atoms. The van der Waals surface area contributed by atoms with E-state index in [1.807, 2.05) is 41.3 Å². The molecule has 7 heteroatoms. The Morgan fingerprint density at radius 3 is 2.93 bits per heavy atom. The van der Waals surface area contributed by atoms with Crippen molar-refractivity contribution in [3.05, 3.63) is 64.9 Å². The number of hydrogen-bond acceptors (Lipinski definition) is 5. The molecule has 0 saturated carbocycles. The van der Waals surface area contributed by atoms with Crippen LogP contribution in [0.2, 0.25) is 5.02 Å². The van der Waals surface area contributed by atoms with Crippen LogP contribution in [0.4, 0.5) is 0 Å². The standard InChI is InChI=1S/C21H20ClN3O3/c1-27-16-8-4-6-14(12-16)20-23-19(24-28-20)15-7-5-11-25(13-15)21(26)17-9-2-3-10-18(17)22/h2-4,6,8-10,12,15H,5,7,11,13H2,1H3/t15-/m1/s1. The average Bonchev–Trinajstić information content (AvgIpc) is 3.24. The fourth-order valence-corrected chi connectivity index (χ4v) is 3.67. The third-order valence-corrected chi connectivity index (χ3v) is 5.27. The molecule has 6 nitrogen and oxygen atoms in total. The number of aromatic nitrogens is 2. The molecule has 0 N–H and O–H groups in total. The Kier molecular flexibility index (Phi) is 5.30. The number of likely N-dealkylation sites (tertiary alicyclic amines) is 1. The number of benzene rings is 2. The summed E-state index contributed by atoms with van der Waals surface area (Å²) in [5.74, 6) is 1.76. The fourth-order valence-electron chi connectivity index (χ4n) is 3.45. The summed E-state index contributed by atoms with van der Waals surface area (Å²) >= 11 is 6.19. The molecule has 0 unspecified atom stereocenters. The first-order valence-corrected chi connectivity index (χ1v) is 9.55. The number of ether oxygens (including phenoxy) is 1. The largest absolute Gasteiger partial charge is 0.497 e. The van der Waals surface area contributed by atoms with Gasteiger partial charge in [0.15, 0.2) is 5.82 Å². The minimum absolute atomic E-state index is 0.0308. The first kappa shape index (κ1) is 18.5. The summed E-state index contributed by atoms with van der Waals surface area (Å²) in [6, 6.07) is 14.6. The van der Waals surface area contributed by atoms with Crippen molar-refractivity contribution < 1.29 is 14.1 Å². The number of halogens is 1. The van der Waals surface area contributed by atoms with Crippen LogP contribution in [0.15, 0.2) is 53.1 Å². The van der Waals surface area contributed by atoms with Gasteiger partial charge < -0.3 is 14.2 Å². The summed E-state index contributed by atoms with van der Waals surface area (Å²) < 4.78 is 10.7. The topological polar surface area (TPSA) is 68.5 Å². The van der Waals surface area contributed by atoms with E-state index in [-0.39, 0.29) is 11.8 Å². The summed E-state index contributed by atoms with van der Waals surface area (Å²) in [4.78, 5) is 19.2. The lowest BCUT2D eigenvalue weighted by Gasteiger charge is -2.31. The molecule has 4 rings (SSSR count). The monoisotopic (exact) mass is 397 g/mol. The predicted octanol–water partition coefficient (Wildman–Crippen LogP) is 4.42. The molecular formula is C21H20ClN3O3. The maximum Gasteiger partial charge on any atom is 0.258 e. The molecule has 1 saturated heterocycles. The van der Waals surface area contributed by atoms with Gasteiger partial charge in [0.25, 0.3) is 11.8 Å². The molecule has 28 heavy (non-hydrogen) atoms. The zero-order chi connectivity index (χ0) is 19.5. The first-order chi connectivity index (χ1) is 13.7. The van der Waals surface area contributed by atoms with Crippen molar-refractivity contribution in [2.24, 2.45) is 0 Å². The Morgan fingerprint density at radius 2 is 2.11 bits per heavy atom. The van der Waals surface area contributed by atoms with Crippen molar-refractivity contribution in [3.8, 4) is 17.2 Å². The van der Waals surface area contributed by atoms with Crippen LogP contribution in [0, 0.1) is 0 Å². The lowest BCUT2D eigenvalue weighted by atomic mass is 9.96. The third kappa shape index (κ3) is 3.73. The molecule has 3 aromatic rings. The van der Waals surface area contributed by atoms with E-state index in [9.17, 15) is 4.79 Å². The van der Waals surface area contributed by atoms with Crippen LogP contribution in [0.5, 0.6) is 5.75 Å². The number of carbonyl (C=O) groups excluding carboxylic acids is 1. The van der Waals surface area contributed by atoms with Crippen LogP contribution in [0.25, 0.3) is 11.5 Å². The second-order valence-corrected chi connectivity index (χ2v) is 7.17. The maximum absolute atomic E-state index is 12.9. The maximum atomic E-state index is 12.9. The van der Waals surface area contributed by atoms with Crippen molar-refractivity contribution in [1.82, 2.24) is 15.0 Å². The van der Waals surface area contributed by atoms with Crippen molar-refractivity contribution >= 4 is 17.5 Å². The molecular weight excluding hydrogens is 378 g/mol. The van der Waals surface area contributed by atoms with E-state index in [1.165, 1.54) is 0 Å². The molecule has 1 fully saturated rings. The predicted molar refractivity (Wildman–Crippen MR) is 106 cm³/mol. The van der Waals surface area contributed by atoms with Gasteiger partial charge in [-0.15, -0.1) is 0 Å². The van der Waals surface area contributed by atoms with Crippen LogP contribution < -0.4 is 4.74 Å². The van der Waals surface area contributed by atoms with Crippen LogP contribution >= 0.6 is 11.6 Å². The molecule has 2 aromatic carbocycles. The highest BCUT2D eigenvalue weighted by atomic mass is 35.5. The van der Waals surface area contributed by atoms with E-state index in [0.717, 1.165) is 24.2 Å². The lowest BCUT2D eigenvalue weighted by Crippen LogP contribution is -2.39. The fraction of sp³-hybridized carbons (Fsp3) is 0.286. The normalized spacial score (nSPS) is 16.8. The highest BCUT2D eigenvalue weighted by molar-refractivity contribution is 6.33. The Hall–Kier alpha value is -2.86. The van der Waals surface area contributed by atoms with E-state index in [2.05, 4.69) is 10.1 Å². The molecule has 0 bridgehead atoms. The molecule has 1 aliphatic heterocycles. The van der Waals surface area contributed by atoms with Crippen LogP contribution in [0.1, 0.15) is 34.9 Å². The number of methoxy groups -OCH3 is 1. The van der Waals surface area contributed by atoms with Crippen molar-refractivity contribution in [3.63, 3.8) is 0 Å². The van der Waals surface area contributed by atoms with Gasteiger partial charge >= 0.3 is 0 Å². The smallest absolute Gasteiger partial charge is 0.258 e. The summed E-state index contributed by atoms with van der Waals surface area (Å²) in [5, 5.41) is 4.63. The van der Waals surface area contributed by atoms with Gasteiger partial charge in [-0.25, -0.2) is 0 Å². The van der Waals surface area contributed by atoms with E-state index >= 15 is 0 Å². The van der Waals surface area contributed by atoms with Gasteiger partial charge in [-0.05, 0) is 43.2 Å². The number of carbonyl (C=O) groups is 1. The highest BCUT2D eigenvalue weighted by Crippen LogP contribution is 2.29. The zero-order valence-corrected chi connectivity index (χ0v) is 16.2. The Morgan fingerprint density at radius 1 is 1.25 bits per heavy atom. The zero-order valence-electron chi connectivity index (χ0n) is 15.5. The summed E-state index contributed by atoms with van der Waals surface area (Å²) in [5.41, 5.74) is 1.33. The highest BCUT2D eigenvalue weighted by Gasteiger charge is 2.29. The van der Waals surface area contributed by atoms with Gasteiger partial charge in [0.05, 0.1) is 17.7 Å². The number of nitrogens with zero attached hydrogens (tertiary/aromatic N) is 3. The summed E-state index contributed by atoms with van der Waals surface area (Å²) in [6.45, 7) is 1.24. The quantitative estimate of drug-likeness (QED) is 0.651. The molecule has 1 aromatic heterocycles. The van der Waals surface area contributed by atoms with Gasteiger partial charge in [0, 0.05) is 24.6 Å². The van der Waals surface area contributed by atoms with E-state index in [0.29, 0.717) is 35.4 Å². The van der Waals surface area contributed by atoms with Gasteiger partial charge in [-0.3, -0.25) is 4.79 Å². The molecule has 1 amide bonds. The van der Waals surface area contributed by atoms with Gasteiger partial charge in [0.2, 0.25) is 0 Å². The minimum Gasteiger partial charge on any atom is -0.497 e. The molecule has 0 aliphatic carbocycles. The number of amides is 1. The van der Waals surface area contributed by atoms with Crippen LogP contribution in [-0.4, -0.2) is 41.1 Å². The molecule has 0 radical (unpaired) electrons. The Bertz CT molecular complexity index is 988. The number of hydrogen-bond donors (Lipinski definition) is 0. The van der Waals surface area contributed by atoms with Crippen molar-refractivity contribution in [2.75, 3.05) is 20.2 Å². The van der Waals surface area contributed by atoms with E-state index in [1.54, 1.807) is 19.2 Å². The lowest BCUT2D eigenvalue weighted by molar-refractivity contribution is 0.0704. The Labute approximate surface area is 168 Å². The van der Waals surface area contributed by atoms with Crippen molar-refractivity contribution in [2.45, 2.75) is 18.8 Å². The minimum atomic E-state index is -0.0631. The van der Waals surface area contributed by atoms with Gasteiger partial charge in [-0.2, -0.15) is 4.98 Å². The van der Waals surface area contributed by atoms with Crippen LogP contribution in [0.3, 0.4) is 0 Å². The van der Waals surface area contributed by atoms with Gasteiger partial charge in [0.1, 0.15) is 5.75 Å². The van der Waals surface area contributed by atoms with E-state index in [4.69, 9.17) is 20.9 Å². The number of piperidine rings is 1. The Balaban J connectivity index is 1.51. The second-order valence-electron chi connectivity index (χ2n) is 6.76. The van der Waals surface area contributed by atoms with Crippen molar-refractivity contribution in [1.29, 1.82) is 0 Å². The second kappa shape index (κ2) is 8.02. The third-order valence-electron chi connectivity index (χ3n) is 4.94. The molecule has 144 valence electrons. The average molecular weight is 398 g/mol. The SMILES string of the molecule is COc1cccc(-c2nc([C@@H]3CCCN(C(=O)c4ccccc4Cl)C3)no2)c1. The van der Waals surface area contributed by atoms with Gasteiger partial charge in [-0.1, -0.05) is 35.0 Å². The van der Waals surface area contributed by atoms with Crippen LogP contribution in [-0.2, 0) is 0 Å². The first-order valence-electron chi connectivity index (χ1n) is 9.17. The summed E-state index contributed by atoms with van der Waals surface area (Å²) in [6.07, 6.45) is 1.78. The van der Waals surface area contributed by atoms with E-state index < -0.39 is 0 Å². The molecule has 1 aliphatic rings. The molecule has 2 heterocycles. The summed E-state index contributed by atoms with van der Waals surface area (Å²) in [7, 11) is 1.62.